The van der Waals surface area contributed by atoms with Crippen LogP contribution < -0.4 is 0 Å². The number of carbonyl (C=O) groups excluding carboxylic acids is 4. The second-order valence-electron chi connectivity index (χ2n) is 5.72. The van der Waals surface area contributed by atoms with Crippen LogP contribution in [0.4, 0.5) is 0 Å². The van der Waals surface area contributed by atoms with Gasteiger partial charge in [0.25, 0.3) is 0 Å². The van der Waals surface area contributed by atoms with Crippen LogP contribution in [0.2, 0.25) is 0 Å². The van der Waals surface area contributed by atoms with Crippen LogP contribution in [0.25, 0.3) is 0 Å². The lowest BCUT2D eigenvalue weighted by atomic mass is 9.93. The highest BCUT2D eigenvalue weighted by Gasteiger charge is 2.51. The molecule has 26 heavy (non-hydrogen) atoms. The Kier molecular flexibility index (Phi) is 9.00. The smallest absolute Gasteiger partial charge is 0.303 e. The molecule has 10 heteroatoms. The molecule has 1 heterocycles. The van der Waals surface area contributed by atoms with Gasteiger partial charge in [-0.3, -0.25) is 19.2 Å². The maximum Gasteiger partial charge on any atom is 0.303 e. The van der Waals surface area contributed by atoms with Gasteiger partial charge >= 0.3 is 23.9 Å². The molecule has 1 saturated heterocycles. The minimum Gasteiger partial charge on any atom is -0.463 e. The number of hydrogen-bond acceptors (Lipinski definition) is 9. The molecular weight excluding hydrogens is 416 g/mol. The van der Waals surface area contributed by atoms with E-state index < -0.39 is 54.4 Å². The normalized spacial score (nSPS) is 28.0. The monoisotopic (exact) mass is 438 g/mol. The van der Waals surface area contributed by atoms with E-state index in [0.717, 1.165) is 0 Å². The highest BCUT2D eigenvalue weighted by Crippen LogP contribution is 2.31. The Bertz CT molecular complexity index is 536. The zero-order valence-corrected chi connectivity index (χ0v) is 16.6. The molecule has 0 spiro atoms. The van der Waals surface area contributed by atoms with Crippen molar-refractivity contribution in [1.82, 2.24) is 0 Å². The van der Waals surface area contributed by atoms with Gasteiger partial charge in [0.1, 0.15) is 12.7 Å². The van der Waals surface area contributed by atoms with Crippen molar-refractivity contribution in [2.24, 2.45) is 0 Å². The zero-order valence-electron chi connectivity index (χ0n) is 15.1. The van der Waals surface area contributed by atoms with E-state index in [2.05, 4.69) is 15.9 Å². The summed E-state index contributed by atoms with van der Waals surface area (Å²) in [6.45, 7) is 4.59. The molecule has 0 bridgehead atoms. The molecule has 0 aromatic heterocycles. The first kappa shape index (κ1) is 22.4. The third-order valence-corrected chi connectivity index (χ3v) is 3.94. The number of carbonyl (C=O) groups is 4. The number of hydrogen-bond donors (Lipinski definition) is 0. The Hall–Kier alpha value is -1.68. The van der Waals surface area contributed by atoms with Crippen LogP contribution in [-0.2, 0) is 42.9 Å². The van der Waals surface area contributed by atoms with Crippen LogP contribution in [0, 0.1) is 0 Å². The molecule has 0 aromatic rings. The Balaban J connectivity index is 3.22. The SMILES string of the molecule is CC(=O)OC[C@H]1O[C@H](CCBr)[C@H](OC(C)=O)[C@@H](OC(C)=O)[C@@H]1OC(C)=O. The van der Waals surface area contributed by atoms with Gasteiger partial charge in [0.05, 0.1) is 6.10 Å². The molecule has 5 atom stereocenters. The molecule has 0 saturated carbocycles. The predicted octanol–water partition coefficient (Wildman–Crippen LogP) is 0.897. The molecule has 0 radical (unpaired) electrons. The molecule has 1 rings (SSSR count). The average Bonchev–Trinajstić information content (AvgIpc) is 2.50. The summed E-state index contributed by atoms with van der Waals surface area (Å²) >= 11 is 3.29. The summed E-state index contributed by atoms with van der Waals surface area (Å²) in [5, 5.41) is 0.515. The van der Waals surface area contributed by atoms with Crippen molar-refractivity contribution in [3.63, 3.8) is 0 Å². The fraction of sp³-hybridized carbons (Fsp3) is 0.750. The van der Waals surface area contributed by atoms with Gasteiger partial charge in [-0.05, 0) is 6.42 Å². The van der Waals surface area contributed by atoms with Gasteiger partial charge < -0.3 is 23.7 Å². The van der Waals surface area contributed by atoms with Crippen molar-refractivity contribution in [3.05, 3.63) is 0 Å². The quantitative estimate of drug-likeness (QED) is 0.324. The molecule has 0 N–H and O–H groups in total. The second-order valence-corrected chi connectivity index (χ2v) is 6.51. The van der Waals surface area contributed by atoms with Gasteiger partial charge in [-0.15, -0.1) is 0 Å². The predicted molar refractivity (Wildman–Crippen MR) is 90.4 cm³/mol. The lowest BCUT2D eigenvalue weighted by Crippen LogP contribution is -2.62. The number of ether oxygens (including phenoxy) is 5. The first-order valence-corrected chi connectivity index (χ1v) is 9.14. The number of esters is 4. The number of rotatable bonds is 7. The van der Waals surface area contributed by atoms with Crippen molar-refractivity contribution >= 4 is 39.8 Å². The van der Waals surface area contributed by atoms with Crippen molar-refractivity contribution in [3.8, 4) is 0 Å². The van der Waals surface area contributed by atoms with Crippen LogP contribution in [0.3, 0.4) is 0 Å². The van der Waals surface area contributed by atoms with Gasteiger partial charge in [-0.2, -0.15) is 0 Å². The third kappa shape index (κ3) is 6.91. The van der Waals surface area contributed by atoms with E-state index >= 15 is 0 Å². The first-order valence-electron chi connectivity index (χ1n) is 8.02. The van der Waals surface area contributed by atoms with Crippen LogP contribution in [0.1, 0.15) is 34.1 Å². The van der Waals surface area contributed by atoms with Crippen LogP contribution in [0.5, 0.6) is 0 Å². The van der Waals surface area contributed by atoms with Gasteiger partial charge in [0, 0.05) is 33.0 Å². The molecule has 1 fully saturated rings. The summed E-state index contributed by atoms with van der Waals surface area (Å²) in [5.41, 5.74) is 0. The summed E-state index contributed by atoms with van der Waals surface area (Å²) in [6, 6.07) is 0. The van der Waals surface area contributed by atoms with E-state index in [1.807, 2.05) is 0 Å². The second kappa shape index (κ2) is 10.5. The fourth-order valence-corrected chi connectivity index (χ4v) is 3.11. The van der Waals surface area contributed by atoms with Gasteiger partial charge in [0.15, 0.2) is 18.3 Å². The number of halogens is 1. The minimum absolute atomic E-state index is 0.212. The summed E-state index contributed by atoms with van der Waals surface area (Å²) < 4.78 is 26.7. The Labute approximate surface area is 159 Å². The van der Waals surface area contributed by atoms with Gasteiger partial charge in [-0.25, -0.2) is 0 Å². The summed E-state index contributed by atoms with van der Waals surface area (Å²) in [4.78, 5) is 45.8. The van der Waals surface area contributed by atoms with E-state index in [-0.39, 0.29) is 6.61 Å². The van der Waals surface area contributed by atoms with Crippen molar-refractivity contribution < 1.29 is 42.9 Å². The summed E-state index contributed by atoms with van der Waals surface area (Å²) in [7, 11) is 0. The molecule has 1 aliphatic heterocycles. The van der Waals surface area contributed by atoms with Crippen LogP contribution >= 0.6 is 15.9 Å². The number of alkyl halides is 1. The molecule has 9 nitrogen and oxygen atoms in total. The van der Waals surface area contributed by atoms with Crippen LogP contribution in [-0.4, -0.2) is 66.3 Å². The Morgan fingerprint density at radius 2 is 1.23 bits per heavy atom. The van der Waals surface area contributed by atoms with Crippen molar-refractivity contribution in [2.45, 2.75) is 64.6 Å². The largest absolute Gasteiger partial charge is 0.463 e. The molecule has 0 unspecified atom stereocenters. The lowest BCUT2D eigenvalue weighted by Gasteiger charge is -2.44. The highest BCUT2D eigenvalue weighted by atomic mass is 79.9. The molecule has 0 amide bonds. The topological polar surface area (TPSA) is 114 Å². The van der Waals surface area contributed by atoms with E-state index in [9.17, 15) is 19.2 Å². The minimum atomic E-state index is -1.10. The molecule has 1 aliphatic rings. The highest BCUT2D eigenvalue weighted by molar-refractivity contribution is 9.09. The summed E-state index contributed by atoms with van der Waals surface area (Å²) in [6.07, 6.45) is -4.31. The van der Waals surface area contributed by atoms with Crippen LogP contribution in [0.15, 0.2) is 0 Å². The van der Waals surface area contributed by atoms with E-state index in [0.29, 0.717) is 11.8 Å². The Morgan fingerprint density at radius 3 is 1.65 bits per heavy atom. The lowest BCUT2D eigenvalue weighted by molar-refractivity contribution is -0.252. The molecular formula is C16H23BrO9. The first-order chi connectivity index (χ1) is 12.1. The zero-order chi connectivity index (χ0) is 19.9. The van der Waals surface area contributed by atoms with Crippen molar-refractivity contribution in [1.29, 1.82) is 0 Å². The molecule has 0 aliphatic carbocycles. The summed E-state index contributed by atoms with van der Waals surface area (Å²) in [5.74, 6) is -2.44. The Morgan fingerprint density at radius 1 is 0.769 bits per heavy atom. The molecule has 0 aromatic carbocycles. The van der Waals surface area contributed by atoms with E-state index in [1.165, 1.54) is 27.7 Å². The fourth-order valence-electron chi connectivity index (χ4n) is 2.66. The third-order valence-electron chi connectivity index (χ3n) is 3.48. The standard InChI is InChI=1S/C16H23BrO9/c1-8(18)22-7-13-15(24-10(3)20)16(25-11(4)21)14(23-9(2)19)12(26-13)5-6-17/h12-16H,5-7H2,1-4H3/t12-,13-,14+,15-,16-/m1/s1. The average molecular weight is 439 g/mol. The van der Waals surface area contributed by atoms with E-state index in [4.69, 9.17) is 23.7 Å². The van der Waals surface area contributed by atoms with Gasteiger partial charge in [-0.1, -0.05) is 15.9 Å². The maximum atomic E-state index is 11.6. The molecule has 148 valence electrons. The van der Waals surface area contributed by atoms with Gasteiger partial charge in [0.2, 0.25) is 0 Å². The maximum absolute atomic E-state index is 11.6. The van der Waals surface area contributed by atoms with Crippen molar-refractivity contribution in [2.75, 3.05) is 11.9 Å². The van der Waals surface area contributed by atoms with E-state index in [1.54, 1.807) is 0 Å².